The van der Waals surface area contributed by atoms with Gasteiger partial charge in [0.1, 0.15) is 0 Å². The first kappa shape index (κ1) is 14.7. The molecule has 0 atom stereocenters. The molecule has 20 heavy (non-hydrogen) atoms. The summed E-state index contributed by atoms with van der Waals surface area (Å²) in [5.41, 5.74) is -1.03. The molecule has 0 heterocycles. The first-order valence-corrected chi connectivity index (χ1v) is 6.40. The average Bonchev–Trinajstić information content (AvgIpc) is 2.30. The normalized spacial score (nSPS) is 16.4. The van der Waals surface area contributed by atoms with E-state index in [-0.39, 0.29) is 17.0 Å². The van der Waals surface area contributed by atoms with Crippen LogP contribution in [0.3, 0.4) is 0 Å². The van der Waals surface area contributed by atoms with Gasteiger partial charge in [0.25, 0.3) is 5.91 Å². The van der Waals surface area contributed by atoms with Gasteiger partial charge in [-0.05, 0) is 31.4 Å². The number of amides is 1. The summed E-state index contributed by atoms with van der Waals surface area (Å²) in [6.45, 7) is 0. The van der Waals surface area contributed by atoms with Crippen molar-refractivity contribution in [3.63, 3.8) is 0 Å². The molecule has 2 rings (SSSR count). The maximum absolute atomic E-state index is 13.2. The highest BCUT2D eigenvalue weighted by atomic mass is 35.5. The zero-order chi connectivity index (χ0) is 14.9. The van der Waals surface area contributed by atoms with E-state index in [0.717, 1.165) is 12.5 Å². The second-order valence-corrected chi connectivity index (χ2v) is 5.31. The molecule has 0 saturated heterocycles. The number of carbonyl (C=O) groups is 2. The molecule has 1 aromatic carbocycles. The Bertz CT molecular complexity index is 573. The Hall–Kier alpha value is -1.69. The fourth-order valence-electron chi connectivity index (χ4n) is 2.24. The second kappa shape index (κ2) is 5.36. The third-order valence-electron chi connectivity index (χ3n) is 3.43. The Morgan fingerprint density at radius 1 is 1.30 bits per heavy atom. The number of halogens is 3. The molecule has 0 radical (unpaired) electrons. The van der Waals surface area contributed by atoms with Gasteiger partial charge in [0.15, 0.2) is 11.6 Å². The monoisotopic (exact) mass is 303 g/mol. The molecule has 108 valence electrons. The molecule has 1 aromatic rings. The van der Waals surface area contributed by atoms with E-state index in [9.17, 15) is 18.4 Å². The lowest BCUT2D eigenvalue weighted by Gasteiger charge is -2.41. The second-order valence-electron chi connectivity index (χ2n) is 4.90. The predicted octanol–water partition coefficient (Wildman–Crippen LogP) is 2.75. The van der Waals surface area contributed by atoms with Crippen molar-refractivity contribution in [2.75, 3.05) is 0 Å². The Labute approximate surface area is 118 Å². The van der Waals surface area contributed by atoms with E-state index < -0.39 is 29.0 Å². The van der Waals surface area contributed by atoms with Gasteiger partial charge >= 0.3 is 5.97 Å². The molecule has 1 amide bonds. The molecule has 0 aliphatic heterocycles. The van der Waals surface area contributed by atoms with E-state index in [1.54, 1.807) is 0 Å². The first-order valence-electron chi connectivity index (χ1n) is 6.02. The summed E-state index contributed by atoms with van der Waals surface area (Å²) >= 11 is 5.71. The predicted molar refractivity (Wildman–Crippen MR) is 67.7 cm³/mol. The zero-order valence-corrected chi connectivity index (χ0v) is 11.1. The minimum absolute atomic E-state index is 0.206. The van der Waals surface area contributed by atoms with E-state index in [2.05, 4.69) is 5.32 Å². The van der Waals surface area contributed by atoms with Crippen LogP contribution in [0.4, 0.5) is 8.78 Å². The van der Waals surface area contributed by atoms with Gasteiger partial charge in [0, 0.05) is 0 Å². The first-order chi connectivity index (χ1) is 9.33. The number of carboxylic acid groups (broad SMARTS) is 1. The van der Waals surface area contributed by atoms with Crippen LogP contribution in [0.15, 0.2) is 12.1 Å². The Balaban J connectivity index is 2.20. The van der Waals surface area contributed by atoms with Crippen molar-refractivity contribution in [3.05, 3.63) is 34.4 Å². The van der Waals surface area contributed by atoms with Gasteiger partial charge in [-0.2, -0.15) is 0 Å². The van der Waals surface area contributed by atoms with E-state index in [4.69, 9.17) is 16.7 Å². The van der Waals surface area contributed by atoms with E-state index in [0.29, 0.717) is 18.9 Å². The molecule has 1 aliphatic carbocycles. The van der Waals surface area contributed by atoms with Gasteiger partial charge in [-0.15, -0.1) is 0 Å². The number of nitrogens with one attached hydrogen (secondary N) is 1. The lowest BCUT2D eigenvalue weighted by Crippen LogP contribution is -2.54. The van der Waals surface area contributed by atoms with E-state index in [1.165, 1.54) is 0 Å². The summed E-state index contributed by atoms with van der Waals surface area (Å²) in [7, 11) is 0. The molecular weight excluding hydrogens is 292 g/mol. The van der Waals surface area contributed by atoms with Crippen LogP contribution in [0, 0.1) is 11.6 Å². The number of hydrogen-bond donors (Lipinski definition) is 2. The summed E-state index contributed by atoms with van der Waals surface area (Å²) < 4.78 is 26.1. The largest absolute Gasteiger partial charge is 0.481 e. The molecule has 1 saturated carbocycles. The summed E-state index contributed by atoms with van der Waals surface area (Å²) in [6, 6.07) is 1.43. The third-order valence-corrected chi connectivity index (χ3v) is 3.75. The van der Waals surface area contributed by atoms with Gasteiger partial charge in [0.05, 0.1) is 22.5 Å². The van der Waals surface area contributed by atoms with Crippen molar-refractivity contribution in [2.24, 2.45) is 0 Å². The maximum atomic E-state index is 13.2. The minimum Gasteiger partial charge on any atom is -0.481 e. The van der Waals surface area contributed by atoms with Crippen LogP contribution in [0.2, 0.25) is 5.02 Å². The standard InChI is InChI=1S/C13H12ClF2NO3/c14-8-5-10(16)9(15)4-7(8)12(20)17-13(2-1-3-13)6-11(18)19/h4-5H,1-3,6H2,(H,17,20)(H,18,19). The molecule has 7 heteroatoms. The van der Waals surface area contributed by atoms with Crippen LogP contribution in [0.25, 0.3) is 0 Å². The van der Waals surface area contributed by atoms with Crippen molar-refractivity contribution in [2.45, 2.75) is 31.2 Å². The van der Waals surface area contributed by atoms with Gasteiger partial charge in [-0.3, -0.25) is 9.59 Å². The molecular formula is C13H12ClF2NO3. The van der Waals surface area contributed by atoms with Crippen LogP contribution in [0.5, 0.6) is 0 Å². The van der Waals surface area contributed by atoms with Crippen molar-refractivity contribution in [3.8, 4) is 0 Å². The summed E-state index contributed by atoms with van der Waals surface area (Å²) in [4.78, 5) is 22.8. The molecule has 1 aliphatic rings. The molecule has 0 bridgehead atoms. The van der Waals surface area contributed by atoms with Crippen molar-refractivity contribution < 1.29 is 23.5 Å². The molecule has 4 nitrogen and oxygen atoms in total. The summed E-state index contributed by atoms with van der Waals surface area (Å²) in [6.07, 6.45) is 1.66. The Kier molecular flexibility index (Phi) is 3.94. The lowest BCUT2D eigenvalue weighted by atomic mass is 9.74. The average molecular weight is 304 g/mol. The van der Waals surface area contributed by atoms with E-state index in [1.807, 2.05) is 0 Å². The number of carbonyl (C=O) groups excluding carboxylic acids is 1. The minimum atomic E-state index is -1.18. The van der Waals surface area contributed by atoms with Crippen LogP contribution in [0.1, 0.15) is 36.0 Å². The summed E-state index contributed by atoms with van der Waals surface area (Å²) in [5, 5.41) is 11.2. The lowest BCUT2D eigenvalue weighted by molar-refractivity contribution is -0.139. The molecule has 1 fully saturated rings. The molecule has 0 aromatic heterocycles. The van der Waals surface area contributed by atoms with Crippen LogP contribution in [-0.4, -0.2) is 22.5 Å². The number of carboxylic acids is 1. The zero-order valence-electron chi connectivity index (χ0n) is 10.4. The van der Waals surface area contributed by atoms with E-state index >= 15 is 0 Å². The van der Waals surface area contributed by atoms with Gasteiger partial charge in [-0.25, -0.2) is 8.78 Å². The Morgan fingerprint density at radius 2 is 1.90 bits per heavy atom. The topological polar surface area (TPSA) is 66.4 Å². The van der Waals surface area contributed by atoms with Crippen LogP contribution >= 0.6 is 11.6 Å². The third kappa shape index (κ3) is 2.90. The molecule has 2 N–H and O–H groups in total. The van der Waals surface area contributed by atoms with Crippen molar-refractivity contribution in [1.29, 1.82) is 0 Å². The quantitative estimate of drug-likeness (QED) is 0.841. The highest BCUT2D eigenvalue weighted by Crippen LogP contribution is 2.35. The number of hydrogen-bond acceptors (Lipinski definition) is 2. The smallest absolute Gasteiger partial charge is 0.305 e. The number of rotatable bonds is 4. The summed E-state index contributed by atoms with van der Waals surface area (Å²) in [5.74, 6) is -4.05. The fourth-order valence-corrected chi connectivity index (χ4v) is 2.48. The van der Waals surface area contributed by atoms with Crippen LogP contribution in [-0.2, 0) is 4.79 Å². The SMILES string of the molecule is O=C(O)CC1(NC(=O)c2cc(F)c(F)cc2Cl)CCC1. The number of aliphatic carboxylic acids is 1. The van der Waals surface area contributed by atoms with Gasteiger partial charge in [-0.1, -0.05) is 11.6 Å². The van der Waals surface area contributed by atoms with Gasteiger partial charge in [0.2, 0.25) is 0 Å². The molecule has 0 spiro atoms. The fraction of sp³-hybridized carbons (Fsp3) is 0.385. The Morgan fingerprint density at radius 3 is 2.40 bits per heavy atom. The van der Waals surface area contributed by atoms with Crippen LogP contribution < -0.4 is 5.32 Å². The number of benzene rings is 1. The van der Waals surface area contributed by atoms with Crippen molar-refractivity contribution in [1.82, 2.24) is 5.32 Å². The highest BCUT2D eigenvalue weighted by molar-refractivity contribution is 6.33. The maximum Gasteiger partial charge on any atom is 0.305 e. The highest BCUT2D eigenvalue weighted by Gasteiger charge is 2.40. The molecule has 0 unspecified atom stereocenters. The van der Waals surface area contributed by atoms with Gasteiger partial charge < -0.3 is 10.4 Å². The van der Waals surface area contributed by atoms with Crippen molar-refractivity contribution >= 4 is 23.5 Å².